The molecule has 0 aliphatic carbocycles. The molecule has 2 rings (SSSR count). The van der Waals surface area contributed by atoms with Crippen LogP contribution in [0.2, 0.25) is 0 Å². The Kier molecular flexibility index (Phi) is 7.36. The Morgan fingerprint density at radius 1 is 1.19 bits per heavy atom. The van der Waals surface area contributed by atoms with Crippen molar-refractivity contribution in [1.29, 1.82) is 0 Å². The van der Waals surface area contributed by atoms with E-state index in [-0.39, 0.29) is 23.6 Å². The number of amides is 1. The molecule has 0 fully saturated rings. The summed E-state index contributed by atoms with van der Waals surface area (Å²) in [5.41, 5.74) is 3.24. The number of ether oxygens (including phenoxy) is 3. The zero-order chi connectivity index (χ0) is 19.6. The summed E-state index contributed by atoms with van der Waals surface area (Å²) < 4.78 is 39.7. The monoisotopic (exact) mass is 379 g/mol. The Morgan fingerprint density at radius 2 is 1.96 bits per heavy atom. The van der Waals surface area contributed by atoms with Gasteiger partial charge in [-0.2, -0.15) is 13.9 Å². The summed E-state index contributed by atoms with van der Waals surface area (Å²) in [5.74, 6) is 0.198. The van der Waals surface area contributed by atoms with Crippen LogP contribution in [-0.2, 0) is 4.79 Å². The van der Waals surface area contributed by atoms with E-state index in [1.165, 1.54) is 25.5 Å². The van der Waals surface area contributed by atoms with Gasteiger partial charge in [-0.1, -0.05) is 12.1 Å². The van der Waals surface area contributed by atoms with Crippen LogP contribution in [0.25, 0.3) is 0 Å². The Bertz CT molecular complexity index is 800. The molecular formula is C18H19F2N3O4. The standard InChI is InChI=1S/C18H19F2N3O4/c1-25-14-7-4-6-13(9-14)21-11-16(24)23-22-10-12-5-3-8-15(26-2)17(12)27-18(19)20/h3-10,18,21H,11H2,1-2H3,(H,23,24)/b22-10-. The average molecular weight is 379 g/mol. The molecule has 0 aliphatic rings. The van der Waals surface area contributed by atoms with Crippen molar-refractivity contribution in [3.8, 4) is 17.2 Å². The molecule has 0 bridgehead atoms. The number of nitrogens with zero attached hydrogens (tertiary/aromatic N) is 1. The highest BCUT2D eigenvalue weighted by molar-refractivity contribution is 5.87. The molecule has 0 radical (unpaired) electrons. The largest absolute Gasteiger partial charge is 0.497 e. The number of methoxy groups -OCH3 is 2. The van der Waals surface area contributed by atoms with Gasteiger partial charge in [0.15, 0.2) is 11.5 Å². The van der Waals surface area contributed by atoms with Crippen molar-refractivity contribution >= 4 is 17.8 Å². The molecule has 2 N–H and O–H groups in total. The number of nitrogens with one attached hydrogen (secondary N) is 2. The number of hydrogen-bond donors (Lipinski definition) is 2. The van der Waals surface area contributed by atoms with Gasteiger partial charge in [0.05, 0.1) is 27.0 Å². The van der Waals surface area contributed by atoms with Gasteiger partial charge in [-0.05, 0) is 24.3 Å². The van der Waals surface area contributed by atoms with Crippen molar-refractivity contribution in [2.24, 2.45) is 5.10 Å². The maximum atomic E-state index is 12.6. The highest BCUT2D eigenvalue weighted by Gasteiger charge is 2.14. The minimum atomic E-state index is -3.02. The molecule has 1 amide bonds. The molecule has 27 heavy (non-hydrogen) atoms. The number of carbonyl (C=O) groups excluding carboxylic acids is 1. The van der Waals surface area contributed by atoms with Gasteiger partial charge in [0.2, 0.25) is 0 Å². The number of rotatable bonds is 9. The van der Waals surface area contributed by atoms with E-state index >= 15 is 0 Å². The quantitative estimate of drug-likeness (QED) is 0.517. The smallest absolute Gasteiger partial charge is 0.387 e. The zero-order valence-corrected chi connectivity index (χ0v) is 14.7. The second-order valence-electron chi connectivity index (χ2n) is 5.14. The summed E-state index contributed by atoms with van der Waals surface area (Å²) in [7, 11) is 2.88. The summed E-state index contributed by atoms with van der Waals surface area (Å²) in [5, 5.41) is 6.67. The first-order chi connectivity index (χ1) is 13.0. The van der Waals surface area contributed by atoms with E-state index in [1.807, 2.05) is 0 Å². The lowest BCUT2D eigenvalue weighted by Gasteiger charge is -2.12. The van der Waals surface area contributed by atoms with Gasteiger partial charge in [0.25, 0.3) is 5.91 Å². The van der Waals surface area contributed by atoms with Crippen LogP contribution in [-0.4, -0.2) is 39.5 Å². The first kappa shape index (κ1) is 20.0. The van der Waals surface area contributed by atoms with Gasteiger partial charge >= 0.3 is 6.61 Å². The minimum absolute atomic E-state index is 0.0387. The molecule has 0 aromatic heterocycles. The van der Waals surface area contributed by atoms with Crippen LogP contribution in [0.3, 0.4) is 0 Å². The topological polar surface area (TPSA) is 81.2 Å². The number of anilines is 1. The van der Waals surface area contributed by atoms with Gasteiger partial charge in [0.1, 0.15) is 5.75 Å². The molecule has 144 valence electrons. The van der Waals surface area contributed by atoms with E-state index in [0.717, 1.165) is 0 Å². The van der Waals surface area contributed by atoms with Crippen LogP contribution >= 0.6 is 0 Å². The Morgan fingerprint density at radius 3 is 2.67 bits per heavy atom. The minimum Gasteiger partial charge on any atom is -0.497 e. The second kappa shape index (κ2) is 9.95. The molecule has 0 unspecified atom stereocenters. The van der Waals surface area contributed by atoms with Crippen molar-refractivity contribution in [1.82, 2.24) is 5.43 Å². The molecule has 2 aromatic carbocycles. The summed E-state index contributed by atoms with van der Waals surface area (Å²) >= 11 is 0. The molecule has 0 saturated heterocycles. The van der Waals surface area contributed by atoms with E-state index in [0.29, 0.717) is 11.4 Å². The predicted molar refractivity (Wildman–Crippen MR) is 96.8 cm³/mol. The lowest BCUT2D eigenvalue weighted by molar-refractivity contribution is -0.119. The lowest BCUT2D eigenvalue weighted by atomic mass is 10.2. The SMILES string of the molecule is COc1cccc(NCC(=O)N/N=C\c2cccc(OC)c2OC(F)F)c1. The summed E-state index contributed by atoms with van der Waals surface area (Å²) in [6.45, 7) is -3.06. The number of hydrogen-bond acceptors (Lipinski definition) is 6. The maximum absolute atomic E-state index is 12.6. The van der Waals surface area contributed by atoms with E-state index in [4.69, 9.17) is 9.47 Å². The average Bonchev–Trinajstić information content (AvgIpc) is 2.67. The van der Waals surface area contributed by atoms with Crippen LogP contribution in [0.4, 0.5) is 14.5 Å². The fourth-order valence-corrected chi connectivity index (χ4v) is 2.14. The van der Waals surface area contributed by atoms with Crippen molar-refractivity contribution in [2.45, 2.75) is 6.61 Å². The number of para-hydroxylation sites is 1. The molecule has 0 heterocycles. The van der Waals surface area contributed by atoms with E-state index < -0.39 is 12.5 Å². The molecule has 2 aromatic rings. The molecule has 7 nitrogen and oxygen atoms in total. The Balaban J connectivity index is 1.95. The van der Waals surface area contributed by atoms with Crippen molar-refractivity contribution in [2.75, 3.05) is 26.1 Å². The van der Waals surface area contributed by atoms with Crippen LogP contribution in [0.5, 0.6) is 17.2 Å². The molecule has 0 atom stereocenters. The number of hydrazone groups is 1. The zero-order valence-electron chi connectivity index (χ0n) is 14.7. The molecular weight excluding hydrogens is 360 g/mol. The van der Waals surface area contributed by atoms with E-state index in [9.17, 15) is 13.6 Å². The van der Waals surface area contributed by atoms with Gasteiger partial charge in [-0.3, -0.25) is 4.79 Å². The summed E-state index contributed by atoms with van der Waals surface area (Å²) in [4.78, 5) is 11.9. The third-order valence-electron chi connectivity index (χ3n) is 3.35. The van der Waals surface area contributed by atoms with Crippen molar-refractivity contribution in [3.63, 3.8) is 0 Å². The Labute approximate surface area is 154 Å². The maximum Gasteiger partial charge on any atom is 0.387 e. The third-order valence-corrected chi connectivity index (χ3v) is 3.35. The summed E-state index contributed by atoms with van der Waals surface area (Å²) in [6.07, 6.45) is 1.20. The fourth-order valence-electron chi connectivity index (χ4n) is 2.14. The molecule has 0 saturated carbocycles. The highest BCUT2D eigenvalue weighted by atomic mass is 19.3. The van der Waals surface area contributed by atoms with Crippen molar-refractivity contribution < 1.29 is 27.8 Å². The van der Waals surface area contributed by atoms with Gasteiger partial charge < -0.3 is 19.5 Å². The van der Waals surface area contributed by atoms with Gasteiger partial charge in [-0.25, -0.2) is 5.43 Å². The lowest BCUT2D eigenvalue weighted by Crippen LogP contribution is -2.25. The van der Waals surface area contributed by atoms with E-state index in [2.05, 4.69) is 20.6 Å². The first-order valence-electron chi connectivity index (χ1n) is 7.85. The fraction of sp³-hybridized carbons (Fsp3) is 0.222. The number of halogens is 2. The predicted octanol–water partition coefficient (Wildman–Crippen LogP) is 2.87. The molecule has 9 heteroatoms. The van der Waals surface area contributed by atoms with Gasteiger partial charge in [-0.15, -0.1) is 0 Å². The van der Waals surface area contributed by atoms with E-state index in [1.54, 1.807) is 37.4 Å². The van der Waals surface area contributed by atoms with Crippen molar-refractivity contribution in [3.05, 3.63) is 48.0 Å². The molecule has 0 aliphatic heterocycles. The highest BCUT2D eigenvalue weighted by Crippen LogP contribution is 2.31. The van der Waals surface area contributed by atoms with Crippen LogP contribution in [0, 0.1) is 0 Å². The van der Waals surface area contributed by atoms with Crippen LogP contribution in [0.15, 0.2) is 47.6 Å². The number of alkyl halides is 2. The number of benzene rings is 2. The summed E-state index contributed by atoms with van der Waals surface area (Å²) in [6, 6.07) is 11.7. The first-order valence-corrected chi connectivity index (χ1v) is 7.85. The van der Waals surface area contributed by atoms with Crippen LogP contribution in [0.1, 0.15) is 5.56 Å². The second-order valence-corrected chi connectivity index (χ2v) is 5.14. The number of carbonyl (C=O) groups is 1. The molecule has 0 spiro atoms. The normalized spacial score (nSPS) is 10.7. The van der Waals surface area contributed by atoms with Crippen LogP contribution < -0.4 is 25.0 Å². The Hall–Kier alpha value is -3.36. The van der Waals surface area contributed by atoms with Gasteiger partial charge in [0, 0.05) is 17.3 Å². The third kappa shape index (κ3) is 6.14.